The average Bonchev–Trinajstić information content (AvgIpc) is 3.09. The van der Waals surface area contributed by atoms with Crippen molar-refractivity contribution in [2.75, 3.05) is 0 Å². The molecule has 0 bridgehead atoms. The zero-order valence-electron chi connectivity index (χ0n) is 17.1. The summed E-state index contributed by atoms with van der Waals surface area (Å²) in [6, 6.07) is 18.2. The molecule has 4 rings (SSSR count). The maximum Gasteiger partial charge on any atom is 0.421 e. The molecule has 2 aromatic carbocycles. The van der Waals surface area contributed by atoms with E-state index in [1.807, 2.05) is 36.4 Å². The van der Waals surface area contributed by atoms with Gasteiger partial charge in [0, 0.05) is 18.0 Å². The number of esters is 2. The van der Waals surface area contributed by atoms with Gasteiger partial charge in [-0.3, -0.25) is 4.98 Å². The van der Waals surface area contributed by atoms with Crippen molar-refractivity contribution in [3.63, 3.8) is 0 Å². The largest absolute Gasteiger partial charge is 0.488 e. The summed E-state index contributed by atoms with van der Waals surface area (Å²) in [5.41, 5.74) is 2.16. The number of hydrogen-bond donors (Lipinski definition) is 1. The van der Waals surface area contributed by atoms with E-state index in [4.69, 9.17) is 25.8 Å². The lowest BCUT2D eigenvalue weighted by Crippen LogP contribution is -2.39. The molecule has 164 valence electrons. The van der Waals surface area contributed by atoms with Gasteiger partial charge in [-0.15, -0.1) is 0 Å². The quantitative estimate of drug-likeness (QED) is 0.428. The van der Waals surface area contributed by atoms with E-state index in [1.54, 1.807) is 31.2 Å². The Labute approximate surface area is 189 Å². The number of pyridine rings is 1. The molecule has 32 heavy (non-hydrogen) atoms. The minimum absolute atomic E-state index is 0.229. The lowest BCUT2D eigenvalue weighted by molar-refractivity contribution is -0.199. The summed E-state index contributed by atoms with van der Waals surface area (Å²) >= 11 is 6.43. The van der Waals surface area contributed by atoms with Gasteiger partial charge < -0.3 is 19.3 Å². The second kappa shape index (κ2) is 8.98. The van der Waals surface area contributed by atoms with Gasteiger partial charge >= 0.3 is 11.9 Å². The molecule has 1 aromatic heterocycles. The zero-order valence-corrected chi connectivity index (χ0v) is 17.9. The third-order valence-electron chi connectivity index (χ3n) is 5.15. The van der Waals surface area contributed by atoms with Crippen LogP contribution >= 0.6 is 11.6 Å². The van der Waals surface area contributed by atoms with E-state index in [0.717, 1.165) is 11.1 Å². The fourth-order valence-corrected chi connectivity index (χ4v) is 3.75. The molecule has 1 aliphatic rings. The summed E-state index contributed by atoms with van der Waals surface area (Å²) in [6.45, 7) is 1.65. The first-order valence-electron chi connectivity index (χ1n) is 9.94. The average molecular weight is 454 g/mol. The van der Waals surface area contributed by atoms with Crippen molar-refractivity contribution >= 4 is 23.5 Å². The van der Waals surface area contributed by atoms with Crippen LogP contribution in [0.5, 0.6) is 5.75 Å². The topological polar surface area (TPSA) is 95.0 Å². The van der Waals surface area contributed by atoms with Gasteiger partial charge in [-0.05, 0) is 42.8 Å². The molecule has 0 unspecified atom stereocenters. The fourth-order valence-electron chi connectivity index (χ4n) is 3.47. The van der Waals surface area contributed by atoms with Crippen LogP contribution in [0.15, 0.2) is 73.1 Å². The first-order valence-corrected chi connectivity index (χ1v) is 10.3. The molecular formula is C24H20ClNO6. The van der Waals surface area contributed by atoms with E-state index in [2.05, 4.69) is 4.98 Å². The smallest absolute Gasteiger partial charge is 0.421 e. The third-order valence-corrected chi connectivity index (χ3v) is 5.46. The summed E-state index contributed by atoms with van der Waals surface area (Å²) in [5.74, 6) is -3.57. The van der Waals surface area contributed by atoms with Crippen molar-refractivity contribution in [2.45, 2.75) is 31.3 Å². The van der Waals surface area contributed by atoms with Crippen molar-refractivity contribution in [3.05, 3.63) is 83.6 Å². The summed E-state index contributed by atoms with van der Waals surface area (Å²) < 4.78 is 16.3. The van der Waals surface area contributed by atoms with E-state index in [-0.39, 0.29) is 6.42 Å². The second-order valence-electron chi connectivity index (χ2n) is 7.38. The van der Waals surface area contributed by atoms with E-state index < -0.39 is 29.9 Å². The molecule has 1 fully saturated rings. The molecule has 0 saturated carbocycles. The van der Waals surface area contributed by atoms with Crippen LogP contribution in [0.3, 0.4) is 0 Å². The highest BCUT2D eigenvalue weighted by Gasteiger charge is 2.52. The number of aliphatic hydroxyl groups is 1. The second-order valence-corrected chi connectivity index (χ2v) is 7.78. The Morgan fingerprint density at radius 1 is 1.06 bits per heavy atom. The summed E-state index contributed by atoms with van der Waals surface area (Å²) in [6.07, 6.45) is 0.821. The van der Waals surface area contributed by atoms with Crippen molar-refractivity contribution in [1.82, 2.24) is 4.98 Å². The van der Waals surface area contributed by atoms with Gasteiger partial charge in [0.1, 0.15) is 11.9 Å². The molecule has 1 saturated heterocycles. The minimum Gasteiger partial charge on any atom is -0.488 e. The number of aliphatic hydroxyl groups excluding tert-OH is 1. The first-order chi connectivity index (χ1) is 15.4. The number of ether oxygens (including phenoxy) is 3. The van der Waals surface area contributed by atoms with Crippen LogP contribution in [0.25, 0.3) is 11.1 Å². The first kappa shape index (κ1) is 21.8. The van der Waals surface area contributed by atoms with Crippen LogP contribution in [0.1, 0.15) is 18.9 Å². The highest BCUT2D eigenvalue weighted by Crippen LogP contribution is 2.38. The Morgan fingerprint density at radius 3 is 2.41 bits per heavy atom. The molecule has 0 amide bonds. The van der Waals surface area contributed by atoms with Crippen LogP contribution in [0, 0.1) is 0 Å². The maximum absolute atomic E-state index is 11.7. The number of hydrogen-bond acceptors (Lipinski definition) is 7. The van der Waals surface area contributed by atoms with Crippen LogP contribution < -0.4 is 4.74 Å². The maximum atomic E-state index is 11.7. The lowest BCUT2D eigenvalue weighted by atomic mass is 9.98. The Morgan fingerprint density at radius 2 is 1.78 bits per heavy atom. The van der Waals surface area contributed by atoms with E-state index in [1.165, 1.54) is 12.4 Å². The van der Waals surface area contributed by atoms with E-state index >= 15 is 0 Å². The normalized spacial score (nSPS) is 16.7. The van der Waals surface area contributed by atoms with Crippen LogP contribution in [0.2, 0.25) is 5.02 Å². The van der Waals surface area contributed by atoms with Crippen molar-refractivity contribution in [2.24, 2.45) is 0 Å². The standard InChI is InChI=1S/C24H20ClNO6/c1-15(30-18-9-10-19(20(25)12-18)16-6-3-2-4-7-16)21(27)13-24(17-8-5-11-26-14-17)31-22(28)23(29)32-24/h2-12,14-15,21,27H,13H2,1H3/t15-,21-/m0/s1. The predicted molar refractivity (Wildman–Crippen MR) is 116 cm³/mol. The van der Waals surface area contributed by atoms with Crippen LogP contribution in [0.4, 0.5) is 0 Å². The molecule has 3 aromatic rings. The van der Waals surface area contributed by atoms with Gasteiger partial charge in [0.25, 0.3) is 5.79 Å². The molecular weight excluding hydrogens is 434 g/mol. The number of rotatable bonds is 7. The van der Waals surface area contributed by atoms with Crippen molar-refractivity contribution in [1.29, 1.82) is 0 Å². The van der Waals surface area contributed by atoms with Crippen LogP contribution in [-0.2, 0) is 24.8 Å². The van der Waals surface area contributed by atoms with Crippen molar-refractivity contribution in [3.8, 4) is 16.9 Å². The van der Waals surface area contributed by atoms with Gasteiger partial charge in [-0.1, -0.05) is 41.9 Å². The molecule has 8 heteroatoms. The Balaban J connectivity index is 1.50. The number of aromatic nitrogens is 1. The molecule has 1 N–H and O–H groups in total. The van der Waals surface area contributed by atoms with E-state index in [0.29, 0.717) is 16.3 Å². The number of nitrogens with zero attached hydrogens (tertiary/aromatic N) is 1. The van der Waals surface area contributed by atoms with Crippen LogP contribution in [-0.4, -0.2) is 34.2 Å². The number of halogens is 1. The Kier molecular flexibility index (Phi) is 6.12. The lowest BCUT2D eigenvalue weighted by Gasteiger charge is -2.30. The summed E-state index contributed by atoms with van der Waals surface area (Å²) in [7, 11) is 0. The predicted octanol–water partition coefficient (Wildman–Crippen LogP) is 3.87. The fraction of sp³-hybridized carbons (Fsp3) is 0.208. The minimum atomic E-state index is -1.77. The van der Waals surface area contributed by atoms with Gasteiger partial charge in [0.05, 0.1) is 23.1 Å². The molecule has 2 heterocycles. The molecule has 2 atom stereocenters. The molecule has 7 nitrogen and oxygen atoms in total. The number of carbonyl (C=O) groups is 2. The number of carbonyl (C=O) groups excluding carboxylic acids is 2. The number of cyclic esters (lactones) is 2. The van der Waals surface area contributed by atoms with Gasteiger partial charge in [0.2, 0.25) is 0 Å². The van der Waals surface area contributed by atoms with Gasteiger partial charge in [0.15, 0.2) is 0 Å². The monoisotopic (exact) mass is 453 g/mol. The van der Waals surface area contributed by atoms with Gasteiger partial charge in [-0.2, -0.15) is 0 Å². The highest BCUT2D eigenvalue weighted by molar-refractivity contribution is 6.33. The molecule has 0 aliphatic carbocycles. The molecule has 1 aliphatic heterocycles. The third kappa shape index (κ3) is 4.44. The van der Waals surface area contributed by atoms with Gasteiger partial charge in [-0.25, -0.2) is 9.59 Å². The highest BCUT2D eigenvalue weighted by atomic mass is 35.5. The number of benzene rings is 2. The molecule has 0 radical (unpaired) electrons. The van der Waals surface area contributed by atoms with E-state index in [9.17, 15) is 14.7 Å². The zero-order chi connectivity index (χ0) is 22.7. The Hall–Kier alpha value is -3.42. The SMILES string of the molecule is C[C@H](Oc1ccc(-c2ccccc2)c(Cl)c1)[C@@H](O)CC1(c2cccnc2)OC(=O)C(=O)O1. The summed E-state index contributed by atoms with van der Waals surface area (Å²) in [4.78, 5) is 27.5. The molecule has 0 spiro atoms. The Bertz CT molecular complexity index is 1110. The van der Waals surface area contributed by atoms with Crippen molar-refractivity contribution < 1.29 is 28.9 Å². The summed E-state index contributed by atoms with van der Waals surface area (Å²) in [5, 5.41) is 11.3.